The lowest BCUT2D eigenvalue weighted by Crippen LogP contribution is -2.42. The zero-order valence-corrected chi connectivity index (χ0v) is 17.9. The van der Waals surface area contributed by atoms with Crippen molar-refractivity contribution >= 4 is 28.7 Å². The molecule has 1 saturated heterocycles. The number of aromatic amines is 1. The Balaban J connectivity index is 1.39. The molecule has 1 aromatic heterocycles. The number of nitrogens with zero attached hydrogens (tertiary/aromatic N) is 1. The molecule has 7 heteroatoms. The molecule has 160 valence electrons. The minimum atomic E-state index is -0.684. The standard InChI is InChI=1S/C24H26N4O3/c1-14-8-9-17(10-15(14)2)16(3)26-22(29)13-28-23(30)21(27-24(28)31)11-18-12-25-20-7-5-4-6-19(18)20/h4-10,12,16,21,25H,11,13H2,1-3H3,(H,26,29)(H,27,31). The van der Waals surface area contributed by atoms with E-state index in [1.54, 1.807) is 0 Å². The monoisotopic (exact) mass is 418 g/mol. The molecule has 0 radical (unpaired) electrons. The largest absolute Gasteiger partial charge is 0.361 e. The quantitative estimate of drug-likeness (QED) is 0.537. The Morgan fingerprint density at radius 2 is 1.90 bits per heavy atom. The second-order valence-electron chi connectivity index (χ2n) is 8.12. The number of nitrogens with one attached hydrogen (secondary N) is 3. The van der Waals surface area contributed by atoms with Crippen LogP contribution in [0.1, 0.15) is 35.2 Å². The molecule has 2 aromatic carbocycles. The second-order valence-corrected chi connectivity index (χ2v) is 8.12. The maximum Gasteiger partial charge on any atom is 0.325 e. The first-order valence-electron chi connectivity index (χ1n) is 10.4. The number of hydrogen-bond acceptors (Lipinski definition) is 3. The summed E-state index contributed by atoms with van der Waals surface area (Å²) in [7, 11) is 0. The van der Waals surface area contributed by atoms with Crippen molar-refractivity contribution < 1.29 is 14.4 Å². The average Bonchev–Trinajstić information content (AvgIpc) is 3.26. The van der Waals surface area contributed by atoms with Crippen LogP contribution in [-0.2, 0) is 16.0 Å². The summed E-state index contributed by atoms with van der Waals surface area (Å²) in [5, 5.41) is 6.60. The number of aryl methyl sites for hydroxylation is 2. The molecule has 7 nitrogen and oxygen atoms in total. The molecular formula is C24H26N4O3. The summed E-state index contributed by atoms with van der Waals surface area (Å²) in [5.41, 5.74) is 5.23. The lowest BCUT2D eigenvalue weighted by Gasteiger charge is -2.18. The van der Waals surface area contributed by atoms with Gasteiger partial charge < -0.3 is 15.6 Å². The molecule has 2 unspecified atom stereocenters. The minimum Gasteiger partial charge on any atom is -0.361 e. The van der Waals surface area contributed by atoms with Crippen LogP contribution < -0.4 is 10.6 Å². The fourth-order valence-corrected chi connectivity index (χ4v) is 3.93. The Labute approximate surface area is 180 Å². The van der Waals surface area contributed by atoms with Crippen LogP contribution in [0.15, 0.2) is 48.7 Å². The Morgan fingerprint density at radius 3 is 2.68 bits per heavy atom. The molecule has 31 heavy (non-hydrogen) atoms. The van der Waals surface area contributed by atoms with Gasteiger partial charge in [0.2, 0.25) is 5.91 Å². The van der Waals surface area contributed by atoms with Gasteiger partial charge in [0, 0.05) is 23.5 Å². The van der Waals surface area contributed by atoms with Gasteiger partial charge in [-0.25, -0.2) is 4.79 Å². The molecule has 3 N–H and O–H groups in total. The number of para-hydroxylation sites is 1. The molecule has 0 bridgehead atoms. The van der Waals surface area contributed by atoms with Gasteiger partial charge in [-0.05, 0) is 49.1 Å². The van der Waals surface area contributed by atoms with Gasteiger partial charge in [-0.3, -0.25) is 14.5 Å². The molecule has 1 aliphatic rings. The van der Waals surface area contributed by atoms with Crippen molar-refractivity contribution in [2.45, 2.75) is 39.3 Å². The first-order chi connectivity index (χ1) is 14.8. The van der Waals surface area contributed by atoms with Crippen LogP contribution in [0.25, 0.3) is 10.9 Å². The number of H-pyrrole nitrogens is 1. The summed E-state index contributed by atoms with van der Waals surface area (Å²) in [6.07, 6.45) is 2.22. The van der Waals surface area contributed by atoms with E-state index in [-0.39, 0.29) is 24.4 Å². The van der Waals surface area contributed by atoms with Crippen molar-refractivity contribution in [3.05, 3.63) is 70.9 Å². The highest BCUT2D eigenvalue weighted by Gasteiger charge is 2.39. The molecule has 1 aliphatic heterocycles. The maximum atomic E-state index is 12.8. The van der Waals surface area contributed by atoms with Crippen molar-refractivity contribution in [3.8, 4) is 0 Å². The van der Waals surface area contributed by atoms with Crippen molar-refractivity contribution in [1.29, 1.82) is 0 Å². The summed E-state index contributed by atoms with van der Waals surface area (Å²) in [4.78, 5) is 41.9. The Kier molecular flexibility index (Phi) is 5.50. The van der Waals surface area contributed by atoms with E-state index in [1.807, 2.05) is 69.4 Å². The molecule has 0 aliphatic carbocycles. The molecule has 4 rings (SSSR count). The van der Waals surface area contributed by atoms with Crippen LogP contribution in [0.5, 0.6) is 0 Å². The summed E-state index contributed by atoms with van der Waals surface area (Å²) in [6, 6.07) is 12.4. The molecule has 3 aromatic rings. The van der Waals surface area contributed by atoms with E-state index in [2.05, 4.69) is 15.6 Å². The Bertz CT molecular complexity index is 1170. The lowest BCUT2D eigenvalue weighted by molar-refractivity contribution is -0.132. The predicted octanol–water partition coefficient (Wildman–Crippen LogP) is 3.13. The van der Waals surface area contributed by atoms with Crippen LogP contribution >= 0.6 is 0 Å². The number of rotatable bonds is 6. The number of carbonyl (C=O) groups excluding carboxylic acids is 3. The third-order valence-corrected chi connectivity index (χ3v) is 5.92. The van der Waals surface area contributed by atoms with Crippen LogP contribution in [0, 0.1) is 13.8 Å². The fraction of sp³-hybridized carbons (Fsp3) is 0.292. The molecule has 0 saturated carbocycles. The maximum absolute atomic E-state index is 12.8. The lowest BCUT2D eigenvalue weighted by atomic mass is 10.0. The van der Waals surface area contributed by atoms with Gasteiger partial charge in [-0.1, -0.05) is 36.4 Å². The minimum absolute atomic E-state index is 0.227. The second kappa shape index (κ2) is 8.26. The van der Waals surface area contributed by atoms with Crippen LogP contribution in [-0.4, -0.2) is 40.3 Å². The highest BCUT2D eigenvalue weighted by atomic mass is 16.2. The smallest absolute Gasteiger partial charge is 0.325 e. The van der Waals surface area contributed by atoms with Crippen LogP contribution in [0.2, 0.25) is 0 Å². The predicted molar refractivity (Wildman–Crippen MR) is 119 cm³/mol. The topological polar surface area (TPSA) is 94.3 Å². The van der Waals surface area contributed by atoms with Gasteiger partial charge in [-0.2, -0.15) is 0 Å². The van der Waals surface area contributed by atoms with E-state index in [0.717, 1.165) is 32.5 Å². The molecule has 1 fully saturated rings. The van der Waals surface area contributed by atoms with Crippen molar-refractivity contribution in [2.75, 3.05) is 6.54 Å². The van der Waals surface area contributed by atoms with Gasteiger partial charge in [-0.15, -0.1) is 0 Å². The zero-order chi connectivity index (χ0) is 22.1. The van der Waals surface area contributed by atoms with E-state index in [0.29, 0.717) is 6.42 Å². The van der Waals surface area contributed by atoms with Gasteiger partial charge in [0.1, 0.15) is 12.6 Å². The number of aromatic nitrogens is 1. The Morgan fingerprint density at radius 1 is 1.13 bits per heavy atom. The average molecular weight is 418 g/mol. The highest BCUT2D eigenvalue weighted by molar-refractivity contribution is 6.06. The highest BCUT2D eigenvalue weighted by Crippen LogP contribution is 2.21. The number of amides is 4. The number of benzene rings is 2. The fourth-order valence-electron chi connectivity index (χ4n) is 3.93. The van der Waals surface area contributed by atoms with Gasteiger partial charge in [0.15, 0.2) is 0 Å². The molecule has 4 amide bonds. The third-order valence-electron chi connectivity index (χ3n) is 5.92. The number of urea groups is 1. The third kappa shape index (κ3) is 4.17. The summed E-state index contributed by atoms with van der Waals surface area (Å²) in [5.74, 6) is -0.758. The van der Waals surface area contributed by atoms with E-state index in [1.165, 1.54) is 5.56 Å². The molecule has 0 spiro atoms. The van der Waals surface area contributed by atoms with Gasteiger partial charge in [0.25, 0.3) is 5.91 Å². The van der Waals surface area contributed by atoms with Gasteiger partial charge >= 0.3 is 6.03 Å². The number of hydrogen-bond donors (Lipinski definition) is 3. The van der Waals surface area contributed by atoms with Crippen molar-refractivity contribution in [2.24, 2.45) is 0 Å². The van der Waals surface area contributed by atoms with Crippen molar-refractivity contribution in [3.63, 3.8) is 0 Å². The van der Waals surface area contributed by atoms with Crippen molar-refractivity contribution in [1.82, 2.24) is 20.5 Å². The van der Waals surface area contributed by atoms with Gasteiger partial charge in [0.05, 0.1) is 6.04 Å². The van der Waals surface area contributed by atoms with Crippen LogP contribution in [0.3, 0.4) is 0 Å². The zero-order valence-electron chi connectivity index (χ0n) is 17.9. The van der Waals surface area contributed by atoms with E-state index < -0.39 is 12.1 Å². The number of imide groups is 1. The van der Waals surface area contributed by atoms with E-state index >= 15 is 0 Å². The van der Waals surface area contributed by atoms with E-state index in [4.69, 9.17) is 0 Å². The summed E-state index contributed by atoms with van der Waals surface area (Å²) in [6.45, 7) is 5.64. The molecule has 2 atom stereocenters. The Hall–Kier alpha value is -3.61. The normalized spacial score (nSPS) is 17.1. The number of carbonyl (C=O) groups is 3. The molecular weight excluding hydrogens is 392 g/mol. The summed E-state index contributed by atoms with van der Waals surface area (Å²) >= 11 is 0. The SMILES string of the molecule is Cc1ccc(C(C)NC(=O)CN2C(=O)NC(Cc3c[nH]c4ccccc34)C2=O)cc1C. The first-order valence-corrected chi connectivity index (χ1v) is 10.4. The first kappa shape index (κ1) is 20.7. The summed E-state index contributed by atoms with van der Waals surface area (Å²) < 4.78 is 0. The molecule has 2 heterocycles. The number of fused-ring (bicyclic) bond motifs is 1. The van der Waals surface area contributed by atoms with Crippen LogP contribution in [0.4, 0.5) is 4.79 Å². The van der Waals surface area contributed by atoms with E-state index in [9.17, 15) is 14.4 Å².